The minimum absolute atomic E-state index is 0.237. The molecule has 2 aromatic rings. The van der Waals surface area contributed by atoms with Crippen LogP contribution in [0, 0.1) is 6.92 Å². The molecule has 0 aliphatic rings. The van der Waals surface area contributed by atoms with E-state index in [0.717, 1.165) is 12.0 Å². The summed E-state index contributed by atoms with van der Waals surface area (Å²) >= 11 is 0. The lowest BCUT2D eigenvalue weighted by Crippen LogP contribution is -2.17. The molecule has 0 saturated heterocycles. The normalized spacial score (nSPS) is 10.6. The molecule has 0 fully saturated rings. The highest BCUT2D eigenvalue weighted by molar-refractivity contribution is 5.89. The Labute approximate surface area is 168 Å². The van der Waals surface area contributed by atoms with Crippen molar-refractivity contribution in [2.24, 2.45) is 0 Å². The molecule has 8 nitrogen and oxygen atoms in total. The van der Waals surface area contributed by atoms with Gasteiger partial charge in [0.05, 0.1) is 24.2 Å². The molecule has 29 heavy (non-hydrogen) atoms. The number of fused-ring (bicyclic) bond motifs is 1. The summed E-state index contributed by atoms with van der Waals surface area (Å²) in [5, 5.41) is 0.594. The number of hydrogen-bond donors (Lipinski definition) is 0. The number of rotatable bonds is 10. The molecule has 0 N–H and O–H groups in total. The van der Waals surface area contributed by atoms with Crippen LogP contribution in [0.1, 0.15) is 38.3 Å². The van der Waals surface area contributed by atoms with Crippen LogP contribution in [0.2, 0.25) is 0 Å². The highest BCUT2D eigenvalue weighted by Gasteiger charge is 2.19. The van der Waals surface area contributed by atoms with Gasteiger partial charge in [-0.15, -0.1) is 0 Å². The van der Waals surface area contributed by atoms with Crippen molar-refractivity contribution in [3.05, 3.63) is 33.7 Å². The smallest absolute Gasteiger partial charge is 0.344 e. The van der Waals surface area contributed by atoms with E-state index < -0.39 is 17.6 Å². The number of esters is 2. The zero-order valence-corrected chi connectivity index (χ0v) is 17.2. The van der Waals surface area contributed by atoms with Gasteiger partial charge in [-0.05, 0) is 38.8 Å². The van der Waals surface area contributed by atoms with Crippen LogP contribution in [0.4, 0.5) is 0 Å². The van der Waals surface area contributed by atoms with Gasteiger partial charge in [0.1, 0.15) is 17.1 Å². The van der Waals surface area contributed by atoms with Gasteiger partial charge in [0.15, 0.2) is 13.2 Å². The molecule has 0 bridgehead atoms. The number of benzene rings is 1. The molecule has 1 aromatic carbocycles. The molecule has 8 heteroatoms. The number of carbonyl (C=O) groups is 2. The summed E-state index contributed by atoms with van der Waals surface area (Å²) in [6, 6.07) is 3.29. The third-order valence-corrected chi connectivity index (χ3v) is 4.05. The molecule has 158 valence electrons. The van der Waals surface area contributed by atoms with E-state index in [1.54, 1.807) is 26.8 Å². The average molecular weight is 406 g/mol. The zero-order chi connectivity index (χ0) is 21.4. The van der Waals surface area contributed by atoms with Crippen molar-refractivity contribution in [2.75, 3.05) is 26.4 Å². The standard InChI is InChI=1S/C21H26O8/c1-5-8-14-9-15(27-11-17(22)25-6-2)10-16-19(14)20(13(4)21(24)29-16)28-12-18(23)26-7-3/h9-10H,5-8,11-12H2,1-4H3. The molecular formula is C21H26O8. The third-order valence-electron chi connectivity index (χ3n) is 4.05. The highest BCUT2D eigenvalue weighted by atomic mass is 16.6. The summed E-state index contributed by atoms with van der Waals surface area (Å²) in [6.07, 6.45) is 1.46. The molecule has 2 rings (SSSR count). The molecule has 0 atom stereocenters. The van der Waals surface area contributed by atoms with Crippen molar-refractivity contribution in [2.45, 2.75) is 40.5 Å². The second kappa shape index (κ2) is 10.5. The van der Waals surface area contributed by atoms with Gasteiger partial charge in [-0.2, -0.15) is 0 Å². The summed E-state index contributed by atoms with van der Waals surface area (Å²) in [5.41, 5.74) is 0.750. The first-order valence-corrected chi connectivity index (χ1v) is 9.58. The Bertz CT molecular complexity index is 928. The van der Waals surface area contributed by atoms with Crippen LogP contribution in [0.5, 0.6) is 11.5 Å². The van der Waals surface area contributed by atoms with Crippen LogP contribution >= 0.6 is 0 Å². The summed E-state index contributed by atoms with van der Waals surface area (Å²) in [4.78, 5) is 35.5. The molecule has 0 saturated carbocycles. The Kier molecular flexibility index (Phi) is 8.06. The molecule has 0 spiro atoms. The van der Waals surface area contributed by atoms with E-state index in [9.17, 15) is 14.4 Å². The van der Waals surface area contributed by atoms with Gasteiger partial charge >= 0.3 is 17.6 Å². The quantitative estimate of drug-likeness (QED) is 0.438. The Morgan fingerprint density at radius 2 is 1.59 bits per heavy atom. The molecule has 0 amide bonds. The maximum Gasteiger partial charge on any atom is 0.344 e. The van der Waals surface area contributed by atoms with Gasteiger partial charge < -0.3 is 23.4 Å². The summed E-state index contributed by atoms with van der Waals surface area (Å²) in [5.74, 6) is -0.366. The van der Waals surface area contributed by atoms with E-state index in [1.165, 1.54) is 6.07 Å². The van der Waals surface area contributed by atoms with Crippen molar-refractivity contribution < 1.29 is 33.0 Å². The lowest BCUT2D eigenvalue weighted by atomic mass is 10.0. The lowest BCUT2D eigenvalue weighted by Gasteiger charge is -2.15. The number of aryl methyl sites for hydroxylation is 1. The average Bonchev–Trinajstić information content (AvgIpc) is 2.67. The highest BCUT2D eigenvalue weighted by Crippen LogP contribution is 2.34. The Balaban J connectivity index is 2.47. The van der Waals surface area contributed by atoms with Crippen molar-refractivity contribution in [1.82, 2.24) is 0 Å². The number of ether oxygens (including phenoxy) is 4. The Morgan fingerprint density at radius 3 is 2.17 bits per heavy atom. The largest absolute Gasteiger partial charge is 0.482 e. The lowest BCUT2D eigenvalue weighted by molar-refractivity contribution is -0.146. The Morgan fingerprint density at radius 1 is 0.966 bits per heavy atom. The van der Waals surface area contributed by atoms with E-state index in [0.29, 0.717) is 17.6 Å². The summed E-state index contributed by atoms with van der Waals surface area (Å²) in [6.45, 7) is 6.91. The maximum absolute atomic E-state index is 12.3. The van der Waals surface area contributed by atoms with Crippen LogP contribution in [-0.2, 0) is 25.5 Å². The van der Waals surface area contributed by atoms with E-state index in [-0.39, 0.29) is 43.3 Å². The van der Waals surface area contributed by atoms with Gasteiger partial charge in [-0.1, -0.05) is 13.3 Å². The van der Waals surface area contributed by atoms with Gasteiger partial charge in [-0.25, -0.2) is 14.4 Å². The topological polar surface area (TPSA) is 101 Å². The van der Waals surface area contributed by atoms with Crippen LogP contribution < -0.4 is 15.1 Å². The SMILES string of the molecule is CCCc1cc(OCC(=O)OCC)cc2oc(=O)c(C)c(OCC(=O)OCC)c12. The molecular weight excluding hydrogens is 380 g/mol. The predicted octanol–water partition coefficient (Wildman–Crippen LogP) is 2.94. The predicted molar refractivity (Wildman–Crippen MR) is 105 cm³/mol. The molecule has 1 aromatic heterocycles. The van der Waals surface area contributed by atoms with Crippen LogP contribution in [-0.4, -0.2) is 38.4 Å². The van der Waals surface area contributed by atoms with E-state index >= 15 is 0 Å². The number of hydrogen-bond acceptors (Lipinski definition) is 8. The zero-order valence-electron chi connectivity index (χ0n) is 17.2. The molecule has 0 aliphatic heterocycles. The fourth-order valence-electron chi connectivity index (χ4n) is 2.85. The minimum atomic E-state index is -0.582. The van der Waals surface area contributed by atoms with Gasteiger partial charge in [0.25, 0.3) is 0 Å². The van der Waals surface area contributed by atoms with Crippen LogP contribution in [0.15, 0.2) is 21.3 Å². The van der Waals surface area contributed by atoms with E-state index in [4.69, 9.17) is 23.4 Å². The van der Waals surface area contributed by atoms with Gasteiger partial charge in [0, 0.05) is 6.07 Å². The fourth-order valence-corrected chi connectivity index (χ4v) is 2.85. The fraction of sp³-hybridized carbons (Fsp3) is 0.476. The molecule has 0 radical (unpaired) electrons. The maximum atomic E-state index is 12.3. The van der Waals surface area contributed by atoms with Crippen molar-refractivity contribution in [3.63, 3.8) is 0 Å². The monoisotopic (exact) mass is 406 g/mol. The molecule has 1 heterocycles. The summed E-state index contributed by atoms with van der Waals surface area (Å²) in [7, 11) is 0. The van der Waals surface area contributed by atoms with E-state index in [2.05, 4.69) is 0 Å². The molecule has 0 aliphatic carbocycles. The van der Waals surface area contributed by atoms with Crippen molar-refractivity contribution >= 4 is 22.9 Å². The first-order chi connectivity index (χ1) is 13.9. The van der Waals surface area contributed by atoms with Crippen molar-refractivity contribution in [3.8, 4) is 11.5 Å². The number of carbonyl (C=O) groups excluding carboxylic acids is 2. The Hall–Kier alpha value is -3.03. The van der Waals surface area contributed by atoms with Crippen molar-refractivity contribution in [1.29, 1.82) is 0 Å². The van der Waals surface area contributed by atoms with Gasteiger partial charge in [-0.3, -0.25) is 0 Å². The van der Waals surface area contributed by atoms with Crippen LogP contribution in [0.3, 0.4) is 0 Å². The third kappa shape index (κ3) is 5.73. The first-order valence-electron chi connectivity index (χ1n) is 9.58. The minimum Gasteiger partial charge on any atom is -0.482 e. The second-order valence-electron chi connectivity index (χ2n) is 6.24. The molecule has 0 unspecified atom stereocenters. The van der Waals surface area contributed by atoms with Crippen LogP contribution in [0.25, 0.3) is 11.0 Å². The second-order valence-corrected chi connectivity index (χ2v) is 6.24. The van der Waals surface area contributed by atoms with E-state index in [1.807, 2.05) is 6.92 Å². The first kappa shape index (κ1) is 22.3. The van der Waals surface area contributed by atoms with Gasteiger partial charge in [0.2, 0.25) is 0 Å². The summed E-state index contributed by atoms with van der Waals surface area (Å²) < 4.78 is 26.3.